The fourth-order valence-electron chi connectivity index (χ4n) is 4.28. The first-order valence-electron chi connectivity index (χ1n) is 11.6. The van der Waals surface area contributed by atoms with Crippen LogP contribution in [0.25, 0.3) is 21.8 Å². The van der Waals surface area contributed by atoms with Crippen LogP contribution < -0.4 is 0 Å². The number of aryl methyl sites for hydroxylation is 1. The van der Waals surface area contributed by atoms with Crippen molar-refractivity contribution in [2.45, 2.75) is 44.4 Å². The van der Waals surface area contributed by atoms with Crippen molar-refractivity contribution in [2.75, 3.05) is 6.54 Å². The maximum absolute atomic E-state index is 14.3. The van der Waals surface area contributed by atoms with Crippen molar-refractivity contribution in [3.05, 3.63) is 83.4 Å². The molecule has 186 valence electrons. The Morgan fingerprint density at radius 1 is 0.917 bits per heavy atom. The van der Waals surface area contributed by atoms with Gasteiger partial charge in [-0.15, -0.1) is 0 Å². The van der Waals surface area contributed by atoms with Crippen LogP contribution in [0.3, 0.4) is 0 Å². The van der Waals surface area contributed by atoms with Gasteiger partial charge in [0.2, 0.25) is 0 Å². The summed E-state index contributed by atoms with van der Waals surface area (Å²) in [6.07, 6.45) is -0.524. The van der Waals surface area contributed by atoms with Gasteiger partial charge in [-0.25, -0.2) is 17.7 Å². The Bertz CT molecular complexity index is 1590. The van der Waals surface area contributed by atoms with Gasteiger partial charge in [0, 0.05) is 17.3 Å². The van der Waals surface area contributed by atoms with Gasteiger partial charge in [0.15, 0.2) is 0 Å². The zero-order valence-electron chi connectivity index (χ0n) is 20.6. The van der Waals surface area contributed by atoms with Gasteiger partial charge in [-0.1, -0.05) is 68.8 Å². The molecule has 0 bridgehead atoms. The maximum Gasteiger partial charge on any atom is 0.305 e. The molecule has 1 heterocycles. The van der Waals surface area contributed by atoms with E-state index in [4.69, 9.17) is 4.98 Å². The van der Waals surface area contributed by atoms with E-state index < -0.39 is 34.9 Å². The molecule has 0 atom stereocenters. The summed E-state index contributed by atoms with van der Waals surface area (Å²) in [5.74, 6) is -1.98. The van der Waals surface area contributed by atoms with E-state index in [2.05, 4.69) is 0 Å². The minimum Gasteiger partial charge on any atom is -0.481 e. The summed E-state index contributed by atoms with van der Waals surface area (Å²) in [7, 11) is -4.35. The largest absolute Gasteiger partial charge is 0.481 e. The second kappa shape index (κ2) is 9.35. The minimum atomic E-state index is -4.35. The molecule has 3 aromatic carbocycles. The monoisotopic (exact) mass is 504 g/mol. The first-order chi connectivity index (χ1) is 16.9. The average Bonchev–Trinajstić information content (AvgIpc) is 2.81. The predicted molar refractivity (Wildman–Crippen MR) is 140 cm³/mol. The lowest BCUT2D eigenvalue weighted by molar-refractivity contribution is -0.137. The van der Waals surface area contributed by atoms with Crippen molar-refractivity contribution >= 4 is 43.7 Å². The quantitative estimate of drug-likeness (QED) is 0.357. The lowest BCUT2D eigenvalue weighted by atomic mass is 9.82. The summed E-state index contributed by atoms with van der Waals surface area (Å²) >= 11 is 0. The van der Waals surface area contributed by atoms with E-state index in [1.807, 2.05) is 39.8 Å². The molecule has 0 saturated heterocycles. The van der Waals surface area contributed by atoms with Crippen molar-refractivity contribution in [1.82, 2.24) is 9.29 Å². The molecule has 0 spiro atoms. The molecule has 0 radical (unpaired) electrons. The molecule has 0 fully saturated rings. The van der Waals surface area contributed by atoms with Gasteiger partial charge in [0.05, 0.1) is 27.9 Å². The summed E-state index contributed by atoms with van der Waals surface area (Å²) in [5.41, 5.74) is 2.63. The van der Waals surface area contributed by atoms with Crippen LogP contribution in [0.4, 0.5) is 0 Å². The first kappa shape index (κ1) is 25.3. The van der Waals surface area contributed by atoms with Crippen LogP contribution in [0.2, 0.25) is 0 Å². The third-order valence-corrected chi connectivity index (χ3v) is 7.89. The summed E-state index contributed by atoms with van der Waals surface area (Å²) in [5, 5.41) is 10.4. The van der Waals surface area contributed by atoms with Gasteiger partial charge in [0.1, 0.15) is 0 Å². The van der Waals surface area contributed by atoms with E-state index in [1.54, 1.807) is 42.5 Å². The lowest BCUT2D eigenvalue weighted by Gasteiger charge is -2.26. The van der Waals surface area contributed by atoms with Crippen LogP contribution in [0.15, 0.2) is 71.6 Å². The zero-order valence-corrected chi connectivity index (χ0v) is 21.5. The number of fused-ring (bicyclic) bond motifs is 2. The Morgan fingerprint density at radius 3 is 2.19 bits per heavy atom. The molecule has 0 aliphatic carbocycles. The van der Waals surface area contributed by atoms with E-state index in [0.29, 0.717) is 26.1 Å². The number of hydrogen-bond donors (Lipinski definition) is 1. The van der Waals surface area contributed by atoms with E-state index in [9.17, 15) is 23.1 Å². The van der Waals surface area contributed by atoms with Gasteiger partial charge in [0.25, 0.3) is 15.9 Å². The Labute approximate surface area is 210 Å². The molecule has 36 heavy (non-hydrogen) atoms. The number of rotatable bonds is 6. The highest BCUT2D eigenvalue weighted by Gasteiger charge is 2.34. The lowest BCUT2D eigenvalue weighted by Crippen LogP contribution is -2.39. The number of amides is 1. The van der Waals surface area contributed by atoms with Crippen LogP contribution in [-0.4, -0.2) is 41.2 Å². The molecule has 1 amide bonds. The second-order valence-electron chi connectivity index (χ2n) is 9.79. The number of benzene rings is 3. The van der Waals surface area contributed by atoms with E-state index in [0.717, 1.165) is 11.1 Å². The van der Waals surface area contributed by atoms with Crippen LogP contribution in [-0.2, 0) is 20.2 Å². The van der Waals surface area contributed by atoms with Crippen molar-refractivity contribution in [1.29, 1.82) is 0 Å². The van der Waals surface area contributed by atoms with E-state index >= 15 is 0 Å². The Balaban J connectivity index is 2.04. The number of carbonyl (C=O) groups is 2. The summed E-state index contributed by atoms with van der Waals surface area (Å²) in [6, 6.07) is 18.8. The van der Waals surface area contributed by atoms with Crippen LogP contribution >= 0.6 is 0 Å². The summed E-state index contributed by atoms with van der Waals surface area (Å²) < 4.78 is 28.1. The van der Waals surface area contributed by atoms with Gasteiger partial charge >= 0.3 is 5.97 Å². The number of aliphatic carboxylic acids is 1. The van der Waals surface area contributed by atoms with Crippen molar-refractivity contribution in [3.8, 4) is 0 Å². The van der Waals surface area contributed by atoms with Crippen molar-refractivity contribution < 1.29 is 23.1 Å². The topological polar surface area (TPSA) is 105 Å². The average molecular weight is 505 g/mol. The second-order valence-corrected chi connectivity index (χ2v) is 11.7. The molecule has 0 aliphatic heterocycles. The highest BCUT2D eigenvalue weighted by molar-refractivity contribution is 7.89. The molecule has 0 aliphatic rings. The Hall–Kier alpha value is -3.78. The number of nitrogens with zero attached hydrogens (tertiary/aromatic N) is 2. The normalized spacial score (nSPS) is 12.1. The number of pyridine rings is 1. The highest BCUT2D eigenvalue weighted by Crippen LogP contribution is 2.36. The van der Waals surface area contributed by atoms with Gasteiger partial charge in [-0.05, 0) is 42.2 Å². The van der Waals surface area contributed by atoms with E-state index in [-0.39, 0.29) is 15.9 Å². The Kier molecular flexibility index (Phi) is 6.58. The zero-order chi connectivity index (χ0) is 26.3. The number of carboxylic acids is 1. The summed E-state index contributed by atoms with van der Waals surface area (Å²) in [4.78, 5) is 30.4. The number of para-hydroxylation sites is 1. The van der Waals surface area contributed by atoms with Crippen LogP contribution in [0.1, 0.15) is 48.7 Å². The van der Waals surface area contributed by atoms with Crippen molar-refractivity contribution in [2.24, 2.45) is 0 Å². The molecule has 4 rings (SSSR count). The fraction of sp³-hybridized carbons (Fsp3) is 0.250. The van der Waals surface area contributed by atoms with E-state index in [1.165, 1.54) is 12.1 Å². The number of hydrogen-bond acceptors (Lipinski definition) is 5. The molecule has 1 aromatic heterocycles. The van der Waals surface area contributed by atoms with Crippen LogP contribution in [0, 0.1) is 6.92 Å². The summed E-state index contributed by atoms with van der Waals surface area (Å²) in [6.45, 7) is 7.36. The smallest absolute Gasteiger partial charge is 0.305 e. The molecular formula is C28H28N2O5S. The number of sulfonamides is 1. The predicted octanol–water partition coefficient (Wildman–Crippen LogP) is 5.30. The highest BCUT2D eigenvalue weighted by atomic mass is 32.2. The van der Waals surface area contributed by atoms with Gasteiger partial charge in [-0.2, -0.15) is 0 Å². The third kappa shape index (κ3) is 4.68. The molecule has 1 N–H and O–H groups in total. The number of carboxylic acid groups (broad SMARTS) is 1. The first-order valence-corrected chi connectivity index (χ1v) is 13.0. The fourth-order valence-corrected chi connectivity index (χ4v) is 5.66. The maximum atomic E-state index is 14.3. The molecule has 0 unspecified atom stereocenters. The van der Waals surface area contributed by atoms with Gasteiger partial charge < -0.3 is 5.11 Å². The third-order valence-electron chi connectivity index (χ3n) is 6.09. The van der Waals surface area contributed by atoms with Crippen molar-refractivity contribution in [3.63, 3.8) is 0 Å². The Morgan fingerprint density at radius 2 is 1.56 bits per heavy atom. The number of aromatic nitrogens is 1. The molecule has 0 saturated carbocycles. The molecule has 7 nitrogen and oxygen atoms in total. The standard InChI is InChI=1S/C28H28N2O5S/c1-18-12-14-19(15-13-18)36(34,35)30(17-16-24(31)32)27(33)25-20-8-5-6-10-22(20)29-23-11-7-9-21(26(23)25)28(2,3)4/h5-15H,16-17H2,1-4H3,(H,31,32). The minimum absolute atomic E-state index is 0.0782. The molecule has 4 aromatic rings. The molecular weight excluding hydrogens is 476 g/mol. The van der Waals surface area contributed by atoms with Crippen LogP contribution in [0.5, 0.6) is 0 Å². The van der Waals surface area contributed by atoms with Gasteiger partial charge in [-0.3, -0.25) is 9.59 Å². The SMILES string of the molecule is Cc1ccc(S(=O)(=O)N(CCC(=O)O)C(=O)c2c3ccccc3nc3cccc(C(C)(C)C)c23)cc1. The number of carbonyl (C=O) groups excluding carboxylic acids is 1. The molecule has 8 heteroatoms.